The second kappa shape index (κ2) is 6.89. The highest BCUT2D eigenvalue weighted by Crippen LogP contribution is 2.24. The lowest BCUT2D eigenvalue weighted by molar-refractivity contribution is -0.116. The number of oxazole rings is 1. The maximum atomic E-state index is 12.3. The van der Waals surface area contributed by atoms with Gasteiger partial charge in [-0.25, -0.2) is 4.98 Å². The van der Waals surface area contributed by atoms with Crippen LogP contribution in [0.1, 0.15) is 40.2 Å². The largest absolute Gasteiger partial charge is 0.439 e. The maximum Gasteiger partial charge on any atom is 0.224 e. The standard InChI is InChI=1S/C20H20N2O3/c1-12-7-8-15(11-13(12)2)18(23)9-10-19(24)22-17-6-4-5-16-20(17)25-14(3)21-16/h4-8,11H,9-10H2,1-3H3,(H,22,24). The van der Waals surface area contributed by atoms with E-state index in [1.807, 2.05) is 32.0 Å². The van der Waals surface area contributed by atoms with Crippen molar-refractivity contribution < 1.29 is 14.0 Å². The van der Waals surface area contributed by atoms with Gasteiger partial charge in [-0.1, -0.05) is 18.2 Å². The number of aryl methyl sites for hydroxylation is 3. The molecule has 0 aliphatic heterocycles. The van der Waals surface area contributed by atoms with Gasteiger partial charge in [0.1, 0.15) is 5.52 Å². The van der Waals surface area contributed by atoms with Crippen molar-refractivity contribution in [2.24, 2.45) is 0 Å². The number of hydrogen-bond acceptors (Lipinski definition) is 4. The highest BCUT2D eigenvalue weighted by molar-refractivity contribution is 6.02. The van der Waals surface area contributed by atoms with E-state index < -0.39 is 0 Å². The van der Waals surface area contributed by atoms with E-state index >= 15 is 0 Å². The highest BCUT2D eigenvalue weighted by Gasteiger charge is 2.13. The molecule has 0 saturated carbocycles. The van der Waals surface area contributed by atoms with Gasteiger partial charge in [0.05, 0.1) is 5.69 Å². The first-order chi connectivity index (χ1) is 11.9. The van der Waals surface area contributed by atoms with Crippen LogP contribution in [0.5, 0.6) is 0 Å². The molecule has 0 atom stereocenters. The summed E-state index contributed by atoms with van der Waals surface area (Å²) in [5, 5.41) is 2.80. The molecule has 3 rings (SSSR count). The quantitative estimate of drug-likeness (QED) is 0.703. The molecular formula is C20H20N2O3. The first kappa shape index (κ1) is 16.9. The van der Waals surface area contributed by atoms with Crippen molar-refractivity contribution in [2.45, 2.75) is 33.6 Å². The number of ketones is 1. The second-order valence-electron chi connectivity index (χ2n) is 6.16. The summed E-state index contributed by atoms with van der Waals surface area (Å²) in [4.78, 5) is 28.7. The van der Waals surface area contributed by atoms with Gasteiger partial charge < -0.3 is 9.73 Å². The fourth-order valence-corrected chi connectivity index (χ4v) is 2.66. The number of aromatic nitrogens is 1. The molecule has 3 aromatic rings. The molecule has 0 aliphatic carbocycles. The summed E-state index contributed by atoms with van der Waals surface area (Å²) in [6.07, 6.45) is 0.287. The van der Waals surface area contributed by atoms with Crippen LogP contribution in [0.3, 0.4) is 0 Å². The van der Waals surface area contributed by atoms with Crippen molar-refractivity contribution in [3.63, 3.8) is 0 Å². The lowest BCUT2D eigenvalue weighted by Crippen LogP contribution is -2.13. The lowest BCUT2D eigenvalue weighted by atomic mass is 10.0. The first-order valence-corrected chi connectivity index (χ1v) is 8.20. The molecule has 0 fully saturated rings. The third-order valence-electron chi connectivity index (χ3n) is 4.20. The number of nitrogens with zero attached hydrogens (tertiary/aromatic N) is 1. The molecular weight excluding hydrogens is 316 g/mol. The van der Waals surface area contributed by atoms with E-state index in [1.165, 1.54) is 0 Å². The Hall–Kier alpha value is -2.95. The molecule has 1 aromatic heterocycles. The van der Waals surface area contributed by atoms with Gasteiger partial charge in [-0.15, -0.1) is 0 Å². The van der Waals surface area contributed by atoms with Crippen LogP contribution in [0.4, 0.5) is 5.69 Å². The number of anilines is 1. The van der Waals surface area contributed by atoms with Crippen LogP contribution in [-0.2, 0) is 4.79 Å². The Morgan fingerprint density at radius 1 is 1.04 bits per heavy atom. The number of fused-ring (bicyclic) bond motifs is 1. The summed E-state index contributed by atoms with van der Waals surface area (Å²) in [5.41, 5.74) is 4.67. The molecule has 128 valence electrons. The van der Waals surface area contributed by atoms with Gasteiger partial charge in [0, 0.05) is 25.3 Å². The number of amides is 1. The summed E-state index contributed by atoms with van der Waals surface area (Å²) in [5.74, 6) is 0.285. The van der Waals surface area contributed by atoms with Crippen molar-refractivity contribution in [3.05, 3.63) is 59.0 Å². The third-order valence-corrected chi connectivity index (χ3v) is 4.20. The van der Waals surface area contributed by atoms with Crippen molar-refractivity contribution in [3.8, 4) is 0 Å². The van der Waals surface area contributed by atoms with Gasteiger partial charge in [0.2, 0.25) is 5.91 Å². The average Bonchev–Trinajstić information content (AvgIpc) is 2.96. The van der Waals surface area contributed by atoms with Crippen molar-refractivity contribution in [1.82, 2.24) is 4.98 Å². The van der Waals surface area contributed by atoms with E-state index in [2.05, 4.69) is 10.3 Å². The smallest absolute Gasteiger partial charge is 0.224 e. The number of benzene rings is 2. The highest BCUT2D eigenvalue weighted by atomic mass is 16.3. The monoisotopic (exact) mass is 336 g/mol. The van der Waals surface area contributed by atoms with Crippen LogP contribution in [-0.4, -0.2) is 16.7 Å². The summed E-state index contributed by atoms with van der Waals surface area (Å²) in [6.45, 7) is 5.73. The number of para-hydroxylation sites is 1. The first-order valence-electron chi connectivity index (χ1n) is 8.20. The molecule has 0 bridgehead atoms. The Balaban J connectivity index is 1.64. The zero-order chi connectivity index (χ0) is 18.0. The Bertz CT molecular complexity index is 957. The van der Waals surface area contributed by atoms with E-state index in [9.17, 15) is 9.59 Å². The molecule has 5 nitrogen and oxygen atoms in total. The van der Waals surface area contributed by atoms with Gasteiger partial charge in [0.25, 0.3) is 0 Å². The van der Waals surface area contributed by atoms with Crippen LogP contribution >= 0.6 is 0 Å². The van der Waals surface area contributed by atoms with Crippen molar-refractivity contribution in [2.75, 3.05) is 5.32 Å². The summed E-state index contributed by atoms with van der Waals surface area (Å²) in [6, 6.07) is 11.0. The van der Waals surface area contributed by atoms with Crippen LogP contribution in [0.2, 0.25) is 0 Å². The van der Waals surface area contributed by atoms with E-state index in [0.717, 1.165) is 11.1 Å². The van der Waals surface area contributed by atoms with Crippen LogP contribution in [0.15, 0.2) is 40.8 Å². The minimum Gasteiger partial charge on any atom is -0.439 e. The van der Waals surface area contributed by atoms with Gasteiger partial charge in [0.15, 0.2) is 17.3 Å². The zero-order valence-corrected chi connectivity index (χ0v) is 14.6. The molecule has 0 unspecified atom stereocenters. The second-order valence-corrected chi connectivity index (χ2v) is 6.16. The van der Waals surface area contributed by atoms with Gasteiger partial charge >= 0.3 is 0 Å². The zero-order valence-electron chi connectivity index (χ0n) is 14.6. The molecule has 0 spiro atoms. The Morgan fingerprint density at radius 3 is 2.60 bits per heavy atom. The number of hydrogen-bond donors (Lipinski definition) is 1. The number of nitrogens with one attached hydrogen (secondary N) is 1. The van der Waals surface area contributed by atoms with E-state index in [4.69, 9.17) is 4.42 Å². The fraction of sp³-hybridized carbons (Fsp3) is 0.250. The van der Waals surface area contributed by atoms with E-state index in [0.29, 0.717) is 28.2 Å². The molecule has 25 heavy (non-hydrogen) atoms. The van der Waals surface area contributed by atoms with Gasteiger partial charge in [-0.05, 0) is 43.2 Å². The van der Waals surface area contributed by atoms with E-state index in [1.54, 1.807) is 25.1 Å². The molecule has 5 heteroatoms. The molecule has 1 N–H and O–H groups in total. The maximum absolute atomic E-state index is 12.3. The summed E-state index contributed by atoms with van der Waals surface area (Å²) < 4.78 is 5.53. The molecule has 2 aromatic carbocycles. The molecule has 0 aliphatic rings. The predicted molar refractivity (Wildman–Crippen MR) is 96.9 cm³/mol. The van der Waals surface area contributed by atoms with Crippen molar-refractivity contribution >= 4 is 28.5 Å². The minimum atomic E-state index is -0.223. The minimum absolute atomic E-state index is 0.0352. The van der Waals surface area contributed by atoms with Crippen molar-refractivity contribution in [1.29, 1.82) is 0 Å². The Morgan fingerprint density at radius 2 is 1.84 bits per heavy atom. The number of rotatable bonds is 5. The van der Waals surface area contributed by atoms with Gasteiger partial charge in [-0.3, -0.25) is 9.59 Å². The topological polar surface area (TPSA) is 72.2 Å². The number of carbonyl (C=O) groups is 2. The molecule has 0 radical (unpaired) electrons. The van der Waals surface area contributed by atoms with E-state index in [-0.39, 0.29) is 24.5 Å². The number of Topliss-reactive ketones (excluding diaryl/α,β-unsaturated/α-hetero) is 1. The average molecular weight is 336 g/mol. The Kier molecular flexibility index (Phi) is 4.65. The summed E-state index contributed by atoms with van der Waals surface area (Å²) in [7, 11) is 0. The molecule has 1 heterocycles. The SMILES string of the molecule is Cc1nc2cccc(NC(=O)CCC(=O)c3ccc(C)c(C)c3)c2o1. The van der Waals surface area contributed by atoms with Crippen LogP contribution in [0, 0.1) is 20.8 Å². The third kappa shape index (κ3) is 3.76. The Labute approximate surface area is 146 Å². The fourth-order valence-electron chi connectivity index (χ4n) is 2.66. The molecule has 0 saturated heterocycles. The summed E-state index contributed by atoms with van der Waals surface area (Å²) >= 11 is 0. The molecule has 1 amide bonds. The van der Waals surface area contributed by atoms with Gasteiger partial charge in [-0.2, -0.15) is 0 Å². The predicted octanol–water partition coefficient (Wildman–Crippen LogP) is 4.35. The number of carbonyl (C=O) groups excluding carboxylic acids is 2. The van der Waals surface area contributed by atoms with Crippen LogP contribution < -0.4 is 5.32 Å². The lowest BCUT2D eigenvalue weighted by Gasteiger charge is -2.06. The normalized spacial score (nSPS) is 10.8. The van der Waals surface area contributed by atoms with Crippen LogP contribution in [0.25, 0.3) is 11.1 Å².